The van der Waals surface area contributed by atoms with Crippen LogP contribution >= 0.6 is 0 Å². The van der Waals surface area contributed by atoms with Crippen molar-refractivity contribution < 1.29 is 12.8 Å². The van der Waals surface area contributed by atoms with Crippen LogP contribution in [0.2, 0.25) is 0 Å². The first-order chi connectivity index (χ1) is 12.0. The lowest BCUT2D eigenvalue weighted by atomic mass is 10.1. The van der Waals surface area contributed by atoms with E-state index in [1.807, 2.05) is 18.2 Å². The fourth-order valence-corrected chi connectivity index (χ4v) is 3.44. The maximum Gasteiger partial charge on any atom is 0.218 e. The van der Waals surface area contributed by atoms with Crippen LogP contribution in [0.3, 0.4) is 0 Å². The molecule has 0 saturated carbocycles. The Kier molecular flexibility index (Phi) is 4.50. The predicted octanol–water partition coefficient (Wildman–Crippen LogP) is 4.23. The van der Waals surface area contributed by atoms with Crippen LogP contribution < -0.4 is 5.32 Å². The van der Waals surface area contributed by atoms with Gasteiger partial charge in [0, 0.05) is 11.9 Å². The van der Waals surface area contributed by atoms with Gasteiger partial charge in [0.1, 0.15) is 11.9 Å². The molecule has 0 radical (unpaired) electrons. The molecule has 0 atom stereocenters. The average Bonchev–Trinajstić information content (AvgIpc) is 2.63. The second-order valence-electron chi connectivity index (χ2n) is 5.28. The van der Waals surface area contributed by atoms with Crippen molar-refractivity contribution in [1.29, 1.82) is 5.26 Å². The Morgan fingerprint density at radius 1 is 1.00 bits per heavy atom. The Morgan fingerprint density at radius 2 is 1.68 bits per heavy atom. The number of nitrogens with zero attached hydrogens (tertiary/aromatic N) is 1. The first-order valence-electron chi connectivity index (χ1n) is 7.37. The van der Waals surface area contributed by atoms with Crippen molar-refractivity contribution in [3.8, 4) is 6.07 Å². The van der Waals surface area contributed by atoms with E-state index in [4.69, 9.17) is 0 Å². The third-order valence-corrected chi connectivity index (χ3v) is 5.31. The molecule has 124 valence electrons. The van der Waals surface area contributed by atoms with Crippen LogP contribution in [0.4, 0.5) is 10.1 Å². The Bertz CT molecular complexity index is 1100. The maximum atomic E-state index is 12.9. The molecule has 1 N–H and O–H groups in total. The highest BCUT2D eigenvalue weighted by Crippen LogP contribution is 2.24. The number of sulfone groups is 1. The summed E-state index contributed by atoms with van der Waals surface area (Å²) in [6.45, 7) is 0. The van der Waals surface area contributed by atoms with Gasteiger partial charge in [0.2, 0.25) is 9.84 Å². The zero-order valence-corrected chi connectivity index (χ0v) is 13.8. The highest BCUT2D eigenvalue weighted by atomic mass is 32.2. The van der Waals surface area contributed by atoms with Gasteiger partial charge in [0.15, 0.2) is 4.91 Å². The van der Waals surface area contributed by atoms with Crippen molar-refractivity contribution >= 4 is 26.3 Å². The molecule has 0 heterocycles. The number of hydrogen-bond acceptors (Lipinski definition) is 4. The van der Waals surface area contributed by atoms with E-state index in [2.05, 4.69) is 5.32 Å². The van der Waals surface area contributed by atoms with Crippen LogP contribution in [0.25, 0.3) is 10.8 Å². The van der Waals surface area contributed by atoms with E-state index in [0.29, 0.717) is 5.69 Å². The van der Waals surface area contributed by atoms with Gasteiger partial charge in [-0.05, 0) is 47.2 Å². The molecule has 25 heavy (non-hydrogen) atoms. The van der Waals surface area contributed by atoms with E-state index >= 15 is 0 Å². The third-order valence-electron chi connectivity index (χ3n) is 3.65. The van der Waals surface area contributed by atoms with Crippen LogP contribution in [0.15, 0.2) is 82.7 Å². The molecule has 0 bridgehead atoms. The minimum atomic E-state index is -3.96. The van der Waals surface area contributed by atoms with Gasteiger partial charge in [-0.3, -0.25) is 0 Å². The van der Waals surface area contributed by atoms with Gasteiger partial charge >= 0.3 is 0 Å². The molecular formula is C19H13FN2O2S. The molecule has 3 aromatic rings. The van der Waals surface area contributed by atoms with Crippen LogP contribution in [-0.2, 0) is 9.84 Å². The number of nitriles is 1. The SMILES string of the molecule is N#CC(=CNc1ccc(F)cc1)S(=O)(=O)c1ccc2ccccc2c1. The highest BCUT2D eigenvalue weighted by Gasteiger charge is 2.21. The molecule has 0 aromatic heterocycles. The Hall–Kier alpha value is -3.17. The molecule has 6 heteroatoms. The molecule has 3 rings (SSSR count). The summed E-state index contributed by atoms with van der Waals surface area (Å²) in [4.78, 5) is -0.382. The topological polar surface area (TPSA) is 70.0 Å². The van der Waals surface area contributed by atoms with Crippen LogP contribution in [-0.4, -0.2) is 8.42 Å². The Labute approximate surface area is 144 Å². The number of halogens is 1. The van der Waals surface area contributed by atoms with E-state index < -0.39 is 20.6 Å². The molecular weight excluding hydrogens is 339 g/mol. The maximum absolute atomic E-state index is 12.9. The number of rotatable bonds is 4. The fourth-order valence-electron chi connectivity index (χ4n) is 2.33. The zero-order chi connectivity index (χ0) is 17.9. The largest absolute Gasteiger partial charge is 0.360 e. The molecule has 0 aliphatic heterocycles. The molecule has 3 aromatic carbocycles. The lowest BCUT2D eigenvalue weighted by Gasteiger charge is -2.06. The smallest absolute Gasteiger partial charge is 0.218 e. The minimum Gasteiger partial charge on any atom is -0.360 e. The first kappa shape index (κ1) is 16.7. The second kappa shape index (κ2) is 6.75. The van der Waals surface area contributed by atoms with Crippen molar-refractivity contribution in [3.63, 3.8) is 0 Å². The van der Waals surface area contributed by atoms with Crippen molar-refractivity contribution in [2.45, 2.75) is 4.90 Å². The lowest BCUT2D eigenvalue weighted by molar-refractivity contribution is 0.603. The van der Waals surface area contributed by atoms with E-state index in [0.717, 1.165) is 17.0 Å². The van der Waals surface area contributed by atoms with Crippen molar-refractivity contribution in [3.05, 3.63) is 83.7 Å². The second-order valence-corrected chi connectivity index (χ2v) is 7.20. The van der Waals surface area contributed by atoms with Gasteiger partial charge in [-0.2, -0.15) is 5.26 Å². The van der Waals surface area contributed by atoms with Crippen molar-refractivity contribution in [1.82, 2.24) is 0 Å². The molecule has 4 nitrogen and oxygen atoms in total. The van der Waals surface area contributed by atoms with Gasteiger partial charge in [-0.15, -0.1) is 0 Å². The summed E-state index contributed by atoms with van der Waals surface area (Å²) >= 11 is 0. The van der Waals surface area contributed by atoms with Gasteiger partial charge < -0.3 is 5.32 Å². The predicted molar refractivity (Wildman–Crippen MR) is 94.9 cm³/mol. The average molecular weight is 352 g/mol. The highest BCUT2D eigenvalue weighted by molar-refractivity contribution is 7.95. The van der Waals surface area contributed by atoms with E-state index in [-0.39, 0.29) is 4.90 Å². The van der Waals surface area contributed by atoms with Crippen molar-refractivity contribution in [2.24, 2.45) is 0 Å². The number of hydrogen-bond donors (Lipinski definition) is 1. The lowest BCUT2D eigenvalue weighted by Crippen LogP contribution is -2.05. The summed E-state index contributed by atoms with van der Waals surface area (Å²) < 4.78 is 38.3. The Morgan fingerprint density at radius 3 is 2.36 bits per heavy atom. The van der Waals surface area contributed by atoms with Crippen LogP contribution in [0, 0.1) is 17.1 Å². The van der Waals surface area contributed by atoms with Gasteiger partial charge in [-0.25, -0.2) is 12.8 Å². The summed E-state index contributed by atoms with van der Waals surface area (Å²) in [5.74, 6) is -0.404. The summed E-state index contributed by atoms with van der Waals surface area (Å²) in [5.41, 5.74) is 0.475. The number of nitrogens with one attached hydrogen (secondary N) is 1. The van der Waals surface area contributed by atoms with Gasteiger partial charge in [-0.1, -0.05) is 30.3 Å². The standard InChI is InChI=1S/C19H13FN2O2S/c20-16-6-8-17(9-7-16)22-13-19(12-21)25(23,24)18-10-5-14-3-1-2-4-15(14)11-18/h1-11,13,22H. The number of allylic oxidation sites excluding steroid dienone is 1. The summed E-state index contributed by atoms with van der Waals surface area (Å²) in [7, 11) is -3.96. The summed E-state index contributed by atoms with van der Waals surface area (Å²) in [5, 5.41) is 13.6. The number of anilines is 1. The molecule has 0 saturated heterocycles. The van der Waals surface area contributed by atoms with E-state index in [1.165, 1.54) is 36.4 Å². The fraction of sp³-hybridized carbons (Fsp3) is 0. The van der Waals surface area contributed by atoms with E-state index in [1.54, 1.807) is 18.2 Å². The Balaban J connectivity index is 1.96. The monoisotopic (exact) mass is 352 g/mol. The quantitative estimate of drug-likeness (QED) is 0.714. The molecule has 0 unspecified atom stereocenters. The van der Waals surface area contributed by atoms with Crippen LogP contribution in [0.1, 0.15) is 0 Å². The minimum absolute atomic E-state index is 0.0416. The van der Waals surface area contributed by atoms with Crippen LogP contribution in [0.5, 0.6) is 0 Å². The van der Waals surface area contributed by atoms with Gasteiger partial charge in [0.05, 0.1) is 4.90 Å². The molecule has 0 amide bonds. The van der Waals surface area contributed by atoms with Crippen molar-refractivity contribution in [2.75, 3.05) is 5.32 Å². The molecule has 0 aliphatic carbocycles. The third kappa shape index (κ3) is 3.52. The molecule has 0 spiro atoms. The normalized spacial score (nSPS) is 11.9. The molecule has 0 aliphatic rings. The summed E-state index contributed by atoms with van der Waals surface area (Å²) in [6.07, 6.45) is 1.11. The van der Waals surface area contributed by atoms with Gasteiger partial charge in [0.25, 0.3) is 0 Å². The first-order valence-corrected chi connectivity index (χ1v) is 8.85. The molecule has 0 fully saturated rings. The number of benzene rings is 3. The van der Waals surface area contributed by atoms with E-state index in [9.17, 15) is 18.1 Å². The summed E-state index contributed by atoms with van der Waals surface area (Å²) in [6, 6.07) is 19.1. The zero-order valence-electron chi connectivity index (χ0n) is 13.0. The number of fused-ring (bicyclic) bond motifs is 1.